The summed E-state index contributed by atoms with van der Waals surface area (Å²) < 4.78 is 0. The number of anilines is 1. The SMILES string of the molecule is CNCCCN(C)c1ccc2ncccc2c1[N+](=O)[O-]. The number of pyridine rings is 1. The van der Waals surface area contributed by atoms with Gasteiger partial charge in [0.25, 0.3) is 0 Å². The van der Waals surface area contributed by atoms with Gasteiger partial charge in [-0.05, 0) is 44.3 Å². The Balaban J connectivity index is 2.42. The molecule has 6 heteroatoms. The molecule has 0 amide bonds. The number of nitro benzene ring substituents is 1. The molecule has 0 atom stereocenters. The average Bonchev–Trinajstić information content (AvgIpc) is 2.45. The zero-order valence-corrected chi connectivity index (χ0v) is 11.7. The Kier molecular flexibility index (Phi) is 4.47. The van der Waals surface area contributed by atoms with E-state index >= 15 is 0 Å². The first-order valence-corrected chi connectivity index (χ1v) is 6.53. The lowest BCUT2D eigenvalue weighted by atomic mass is 10.1. The van der Waals surface area contributed by atoms with Gasteiger partial charge in [-0.2, -0.15) is 0 Å². The smallest absolute Gasteiger partial charge is 0.301 e. The quantitative estimate of drug-likeness (QED) is 0.496. The van der Waals surface area contributed by atoms with E-state index in [0.717, 1.165) is 19.5 Å². The number of hydrogen-bond acceptors (Lipinski definition) is 5. The van der Waals surface area contributed by atoms with Gasteiger partial charge in [0.2, 0.25) is 0 Å². The molecule has 1 heterocycles. The molecule has 0 spiro atoms. The molecular weight excluding hydrogens is 256 g/mol. The van der Waals surface area contributed by atoms with E-state index in [9.17, 15) is 10.1 Å². The summed E-state index contributed by atoms with van der Waals surface area (Å²) in [6.07, 6.45) is 2.57. The van der Waals surface area contributed by atoms with Crippen LogP contribution in [0.25, 0.3) is 10.9 Å². The molecule has 0 radical (unpaired) electrons. The highest BCUT2D eigenvalue weighted by atomic mass is 16.6. The van der Waals surface area contributed by atoms with Crippen LogP contribution in [-0.2, 0) is 0 Å². The first-order valence-electron chi connectivity index (χ1n) is 6.53. The lowest BCUT2D eigenvalue weighted by Crippen LogP contribution is -2.23. The van der Waals surface area contributed by atoms with E-state index in [1.165, 1.54) is 0 Å². The van der Waals surface area contributed by atoms with Crippen LogP contribution < -0.4 is 10.2 Å². The molecule has 1 aromatic carbocycles. The molecule has 0 aliphatic carbocycles. The standard InChI is InChI=1S/C14H18N4O2/c1-15-8-4-10-17(2)13-7-6-12-11(5-3-9-16-12)14(13)18(19)20/h3,5-7,9,15H,4,8,10H2,1-2H3. The van der Waals surface area contributed by atoms with Gasteiger partial charge in [0.1, 0.15) is 5.69 Å². The van der Waals surface area contributed by atoms with Crippen LogP contribution in [0.5, 0.6) is 0 Å². The van der Waals surface area contributed by atoms with Gasteiger partial charge in [-0.15, -0.1) is 0 Å². The predicted molar refractivity (Wildman–Crippen MR) is 80.2 cm³/mol. The summed E-state index contributed by atoms with van der Waals surface area (Å²) in [5.41, 5.74) is 1.40. The van der Waals surface area contributed by atoms with Gasteiger partial charge >= 0.3 is 5.69 Å². The van der Waals surface area contributed by atoms with Crippen molar-refractivity contribution >= 4 is 22.3 Å². The summed E-state index contributed by atoms with van der Waals surface area (Å²) in [6.45, 7) is 1.64. The van der Waals surface area contributed by atoms with Crippen LogP contribution in [0.3, 0.4) is 0 Å². The van der Waals surface area contributed by atoms with Crippen LogP contribution >= 0.6 is 0 Å². The molecule has 6 nitrogen and oxygen atoms in total. The summed E-state index contributed by atoms with van der Waals surface area (Å²) >= 11 is 0. The maximum atomic E-state index is 11.4. The minimum Gasteiger partial charge on any atom is -0.369 e. The van der Waals surface area contributed by atoms with E-state index in [0.29, 0.717) is 16.6 Å². The molecule has 106 valence electrons. The molecule has 2 rings (SSSR count). The molecule has 2 aromatic rings. The zero-order chi connectivity index (χ0) is 14.5. The van der Waals surface area contributed by atoms with Crippen molar-refractivity contribution in [3.63, 3.8) is 0 Å². The summed E-state index contributed by atoms with van der Waals surface area (Å²) in [5, 5.41) is 15.1. The Morgan fingerprint density at radius 3 is 2.90 bits per heavy atom. The van der Waals surface area contributed by atoms with Crippen LogP contribution in [0.2, 0.25) is 0 Å². The van der Waals surface area contributed by atoms with Crippen LogP contribution in [0.15, 0.2) is 30.5 Å². The minimum atomic E-state index is -0.325. The van der Waals surface area contributed by atoms with E-state index in [2.05, 4.69) is 10.3 Å². The Morgan fingerprint density at radius 2 is 2.20 bits per heavy atom. The first kappa shape index (κ1) is 14.2. The fourth-order valence-electron chi connectivity index (χ4n) is 2.24. The Hall–Kier alpha value is -2.21. The molecule has 20 heavy (non-hydrogen) atoms. The number of hydrogen-bond donors (Lipinski definition) is 1. The number of aromatic nitrogens is 1. The molecule has 1 aromatic heterocycles. The third-order valence-corrected chi connectivity index (χ3v) is 3.25. The third kappa shape index (κ3) is 2.85. The molecule has 0 fully saturated rings. The fourth-order valence-corrected chi connectivity index (χ4v) is 2.24. The van der Waals surface area contributed by atoms with Crippen molar-refractivity contribution in [2.45, 2.75) is 6.42 Å². The van der Waals surface area contributed by atoms with Crippen molar-refractivity contribution in [3.8, 4) is 0 Å². The number of nitrogens with one attached hydrogen (secondary N) is 1. The fraction of sp³-hybridized carbons (Fsp3) is 0.357. The second kappa shape index (κ2) is 6.29. The van der Waals surface area contributed by atoms with E-state index < -0.39 is 0 Å². The first-order chi connectivity index (χ1) is 9.65. The van der Waals surface area contributed by atoms with Crippen molar-refractivity contribution in [1.29, 1.82) is 0 Å². The van der Waals surface area contributed by atoms with Crippen molar-refractivity contribution in [1.82, 2.24) is 10.3 Å². The highest BCUT2D eigenvalue weighted by Gasteiger charge is 2.21. The highest BCUT2D eigenvalue weighted by molar-refractivity contribution is 5.94. The molecule has 0 aliphatic rings. The van der Waals surface area contributed by atoms with Gasteiger partial charge in [-0.3, -0.25) is 15.1 Å². The highest BCUT2D eigenvalue weighted by Crippen LogP contribution is 2.34. The van der Waals surface area contributed by atoms with Gasteiger partial charge < -0.3 is 10.2 Å². The summed E-state index contributed by atoms with van der Waals surface area (Å²) in [7, 11) is 3.77. The minimum absolute atomic E-state index is 0.127. The second-order valence-electron chi connectivity index (χ2n) is 4.64. The van der Waals surface area contributed by atoms with Gasteiger partial charge in [0.05, 0.1) is 15.8 Å². The van der Waals surface area contributed by atoms with Crippen LogP contribution in [0.1, 0.15) is 6.42 Å². The normalized spacial score (nSPS) is 10.7. The maximum absolute atomic E-state index is 11.4. The second-order valence-corrected chi connectivity index (χ2v) is 4.64. The van der Waals surface area contributed by atoms with E-state index in [1.807, 2.05) is 25.1 Å². The monoisotopic (exact) mass is 274 g/mol. The topological polar surface area (TPSA) is 71.3 Å². The van der Waals surface area contributed by atoms with Gasteiger partial charge in [-0.25, -0.2) is 0 Å². The largest absolute Gasteiger partial charge is 0.369 e. The van der Waals surface area contributed by atoms with Crippen molar-refractivity contribution < 1.29 is 4.92 Å². The number of fused-ring (bicyclic) bond motifs is 1. The summed E-state index contributed by atoms with van der Waals surface area (Å²) in [4.78, 5) is 17.2. The number of nitro groups is 1. The number of benzene rings is 1. The van der Waals surface area contributed by atoms with Crippen LogP contribution in [0.4, 0.5) is 11.4 Å². The van der Waals surface area contributed by atoms with Gasteiger partial charge in [0, 0.05) is 19.8 Å². The van der Waals surface area contributed by atoms with Crippen LogP contribution in [-0.4, -0.2) is 37.1 Å². The van der Waals surface area contributed by atoms with Crippen molar-refractivity contribution in [3.05, 3.63) is 40.6 Å². The zero-order valence-electron chi connectivity index (χ0n) is 11.7. The van der Waals surface area contributed by atoms with E-state index in [-0.39, 0.29) is 10.6 Å². The molecule has 0 saturated heterocycles. The van der Waals surface area contributed by atoms with Crippen LogP contribution in [0, 0.1) is 10.1 Å². The van der Waals surface area contributed by atoms with E-state index in [4.69, 9.17) is 0 Å². The molecule has 1 N–H and O–H groups in total. The summed E-state index contributed by atoms with van der Waals surface area (Å²) in [6, 6.07) is 7.06. The number of nitrogens with zero attached hydrogens (tertiary/aromatic N) is 3. The lowest BCUT2D eigenvalue weighted by molar-refractivity contribution is -0.382. The van der Waals surface area contributed by atoms with E-state index in [1.54, 1.807) is 24.4 Å². The average molecular weight is 274 g/mol. The van der Waals surface area contributed by atoms with Crippen molar-refractivity contribution in [2.24, 2.45) is 0 Å². The molecular formula is C14H18N4O2. The Labute approximate surface area is 117 Å². The number of rotatable bonds is 6. The molecule has 0 saturated carbocycles. The third-order valence-electron chi connectivity index (χ3n) is 3.25. The Bertz CT molecular complexity index is 615. The van der Waals surface area contributed by atoms with Gasteiger partial charge in [-0.1, -0.05) is 0 Å². The molecule has 0 bridgehead atoms. The molecule has 0 unspecified atom stereocenters. The van der Waals surface area contributed by atoms with Crippen molar-refractivity contribution in [2.75, 3.05) is 32.1 Å². The summed E-state index contributed by atoms with van der Waals surface area (Å²) in [5.74, 6) is 0. The predicted octanol–water partition coefficient (Wildman–Crippen LogP) is 2.19. The maximum Gasteiger partial charge on any atom is 0.301 e. The lowest BCUT2D eigenvalue weighted by Gasteiger charge is -2.19. The molecule has 0 aliphatic heterocycles. The Morgan fingerprint density at radius 1 is 1.40 bits per heavy atom. The van der Waals surface area contributed by atoms with Gasteiger partial charge in [0.15, 0.2) is 0 Å².